The van der Waals surface area contributed by atoms with Crippen LogP contribution >= 0.6 is 0 Å². The van der Waals surface area contributed by atoms with E-state index in [-0.39, 0.29) is 5.54 Å². The Balaban J connectivity index is 1.06. The number of benzene rings is 1. The van der Waals surface area contributed by atoms with Crippen molar-refractivity contribution >= 4 is 23.2 Å². The van der Waals surface area contributed by atoms with Crippen LogP contribution in [0.5, 0.6) is 0 Å². The fourth-order valence-corrected chi connectivity index (χ4v) is 7.97. The molecule has 3 aliphatic carbocycles. The number of nitrogens with zero attached hydrogens (tertiary/aromatic N) is 3. The molecule has 3 aromatic rings. The molecule has 1 aromatic carbocycles. The van der Waals surface area contributed by atoms with Gasteiger partial charge in [-0.3, -0.25) is 4.90 Å². The molecular formula is C35H40N6. The molecule has 3 N–H and O–H groups in total. The van der Waals surface area contributed by atoms with Gasteiger partial charge in [0.25, 0.3) is 0 Å². The fourth-order valence-electron chi connectivity index (χ4n) is 7.97. The van der Waals surface area contributed by atoms with E-state index in [4.69, 9.17) is 9.97 Å². The number of imidazole rings is 2. The zero-order valence-electron chi connectivity index (χ0n) is 24.1. The molecule has 6 nitrogen and oxygen atoms in total. The van der Waals surface area contributed by atoms with Crippen LogP contribution in [0.1, 0.15) is 98.0 Å². The molecule has 2 aromatic heterocycles. The van der Waals surface area contributed by atoms with E-state index in [0.717, 1.165) is 62.5 Å². The van der Waals surface area contributed by atoms with Crippen molar-refractivity contribution in [1.82, 2.24) is 30.2 Å². The molecule has 4 heterocycles. The minimum atomic E-state index is -0.225. The smallest absolute Gasteiger partial charge is 0.131 e. The van der Waals surface area contributed by atoms with Crippen molar-refractivity contribution < 1.29 is 0 Å². The number of hydrogen-bond acceptors (Lipinski definition) is 4. The highest BCUT2D eigenvalue weighted by molar-refractivity contribution is 5.85. The summed E-state index contributed by atoms with van der Waals surface area (Å²) >= 11 is 0. The number of allylic oxidation sites excluding steroid dienone is 6. The molecule has 2 fully saturated rings. The molecule has 0 amide bonds. The van der Waals surface area contributed by atoms with Crippen LogP contribution in [0, 0.1) is 0 Å². The summed E-state index contributed by atoms with van der Waals surface area (Å²) in [5.74, 6) is 2.51. The van der Waals surface area contributed by atoms with Gasteiger partial charge in [-0.2, -0.15) is 0 Å². The molecule has 2 unspecified atom stereocenters. The highest BCUT2D eigenvalue weighted by Crippen LogP contribution is 2.43. The summed E-state index contributed by atoms with van der Waals surface area (Å²) in [6.45, 7) is 9.76. The molecule has 41 heavy (non-hydrogen) atoms. The topological polar surface area (TPSA) is 72.6 Å². The predicted octanol–water partition coefficient (Wildman–Crippen LogP) is 6.99. The lowest BCUT2D eigenvalue weighted by atomic mass is 9.79. The van der Waals surface area contributed by atoms with Crippen molar-refractivity contribution in [3.8, 4) is 0 Å². The summed E-state index contributed by atoms with van der Waals surface area (Å²) in [6, 6.07) is 4.97. The minimum Gasteiger partial charge on any atom is -0.343 e. The number of aromatic nitrogens is 4. The summed E-state index contributed by atoms with van der Waals surface area (Å²) in [5.41, 5.74) is 11.4. The number of aromatic amines is 2. The molecule has 2 aliphatic heterocycles. The molecule has 6 heteroatoms. The molecule has 0 radical (unpaired) electrons. The third-order valence-corrected chi connectivity index (χ3v) is 10.1. The van der Waals surface area contributed by atoms with Gasteiger partial charge in [0.1, 0.15) is 11.6 Å². The number of likely N-dealkylation sites (tertiary alicyclic amines) is 1. The maximum atomic E-state index is 5.21. The Labute approximate surface area is 242 Å². The van der Waals surface area contributed by atoms with Gasteiger partial charge in [-0.25, -0.2) is 9.97 Å². The van der Waals surface area contributed by atoms with E-state index in [9.17, 15) is 0 Å². The van der Waals surface area contributed by atoms with Crippen molar-refractivity contribution in [3.63, 3.8) is 0 Å². The quantitative estimate of drug-likeness (QED) is 0.292. The van der Waals surface area contributed by atoms with Crippen molar-refractivity contribution in [2.45, 2.75) is 75.8 Å². The monoisotopic (exact) mass is 544 g/mol. The van der Waals surface area contributed by atoms with E-state index in [1.165, 1.54) is 70.4 Å². The van der Waals surface area contributed by atoms with Gasteiger partial charge in [-0.1, -0.05) is 43.4 Å². The summed E-state index contributed by atoms with van der Waals surface area (Å²) in [5, 5.41) is 3.63. The van der Waals surface area contributed by atoms with Gasteiger partial charge in [0.05, 0.1) is 34.0 Å². The third kappa shape index (κ3) is 4.06. The van der Waals surface area contributed by atoms with E-state index < -0.39 is 0 Å². The van der Waals surface area contributed by atoms with Crippen LogP contribution in [-0.2, 0) is 12.0 Å². The third-order valence-electron chi connectivity index (χ3n) is 10.1. The first-order chi connectivity index (χ1) is 20.2. The Morgan fingerprint density at radius 3 is 2.93 bits per heavy atom. The maximum Gasteiger partial charge on any atom is 0.131 e. The first kappa shape index (κ1) is 25.2. The van der Waals surface area contributed by atoms with Crippen LogP contribution in [0.3, 0.4) is 0 Å². The standard InChI is InChI=1S/C35H40N6/c1-3-18-41-19-5-7-30(41)33-37-28-14-10-24-20-22(8-12-26(24)31(28)39-33)23-9-13-27-25(21-23)11-15-29-32(27)40-34(38-29)35(4-2)16-6-17-36-35/h4,9-11,14-15,20-21,27,30,36H,2-3,5-8,12-13,16-19H2,1H3,(H,37,39)(H,38,40)/t27?,30-,35?/m0/s1. The number of rotatable bonds is 6. The molecule has 210 valence electrons. The Kier molecular flexibility index (Phi) is 6.04. The van der Waals surface area contributed by atoms with Gasteiger partial charge in [-0.15, -0.1) is 6.58 Å². The molecule has 2 saturated heterocycles. The lowest BCUT2D eigenvalue weighted by Crippen LogP contribution is -2.35. The number of aryl methyl sites for hydroxylation is 1. The summed E-state index contributed by atoms with van der Waals surface area (Å²) in [6.07, 6.45) is 22.7. The minimum absolute atomic E-state index is 0.225. The second kappa shape index (κ2) is 9.81. The fraction of sp³-hybridized carbons (Fsp3) is 0.429. The van der Waals surface area contributed by atoms with Crippen molar-refractivity contribution in [3.05, 3.63) is 93.9 Å². The van der Waals surface area contributed by atoms with Crippen molar-refractivity contribution in [2.75, 3.05) is 19.6 Å². The normalized spacial score (nSPS) is 27.3. The van der Waals surface area contributed by atoms with E-state index in [1.54, 1.807) is 0 Å². The second-order valence-corrected chi connectivity index (χ2v) is 12.5. The van der Waals surface area contributed by atoms with Gasteiger partial charge in [0, 0.05) is 5.92 Å². The Hall–Kier alpha value is -3.48. The van der Waals surface area contributed by atoms with Gasteiger partial charge in [0.15, 0.2) is 0 Å². The first-order valence-corrected chi connectivity index (χ1v) is 15.7. The zero-order chi connectivity index (χ0) is 27.6. The first-order valence-electron chi connectivity index (χ1n) is 15.7. The van der Waals surface area contributed by atoms with Gasteiger partial charge in [-0.05, 0) is 111 Å². The summed E-state index contributed by atoms with van der Waals surface area (Å²) in [4.78, 5) is 20.3. The number of nitrogens with one attached hydrogen (secondary N) is 3. The molecule has 5 aliphatic rings. The summed E-state index contributed by atoms with van der Waals surface area (Å²) in [7, 11) is 0. The maximum absolute atomic E-state index is 5.21. The van der Waals surface area contributed by atoms with Crippen LogP contribution in [0.15, 0.2) is 59.7 Å². The van der Waals surface area contributed by atoms with Crippen LogP contribution in [0.25, 0.3) is 23.2 Å². The Morgan fingerprint density at radius 1 is 1.12 bits per heavy atom. The van der Waals surface area contributed by atoms with Crippen LogP contribution in [0.4, 0.5) is 0 Å². The number of H-pyrrole nitrogens is 2. The Bertz CT molecular complexity index is 1650. The van der Waals surface area contributed by atoms with E-state index >= 15 is 0 Å². The number of hydrogen-bond donors (Lipinski definition) is 3. The highest BCUT2D eigenvalue weighted by atomic mass is 15.2. The highest BCUT2D eigenvalue weighted by Gasteiger charge is 2.37. The molecule has 3 atom stereocenters. The van der Waals surface area contributed by atoms with Gasteiger partial charge >= 0.3 is 0 Å². The van der Waals surface area contributed by atoms with Crippen molar-refractivity contribution in [1.29, 1.82) is 0 Å². The van der Waals surface area contributed by atoms with Crippen molar-refractivity contribution in [2.24, 2.45) is 0 Å². The van der Waals surface area contributed by atoms with E-state index in [2.05, 4.69) is 76.2 Å². The predicted molar refractivity (Wildman–Crippen MR) is 166 cm³/mol. The molecular weight excluding hydrogens is 504 g/mol. The average molecular weight is 545 g/mol. The lowest BCUT2D eigenvalue weighted by molar-refractivity contribution is 0.250. The zero-order valence-corrected chi connectivity index (χ0v) is 24.1. The van der Waals surface area contributed by atoms with Crippen LogP contribution < -0.4 is 5.32 Å². The second-order valence-electron chi connectivity index (χ2n) is 12.5. The van der Waals surface area contributed by atoms with Gasteiger partial charge in [0.2, 0.25) is 0 Å². The van der Waals surface area contributed by atoms with Crippen LogP contribution in [0.2, 0.25) is 0 Å². The Morgan fingerprint density at radius 2 is 2.07 bits per heavy atom. The van der Waals surface area contributed by atoms with Gasteiger partial charge < -0.3 is 15.3 Å². The molecule has 0 saturated carbocycles. The SMILES string of the molecule is C=CC1(c2nc3c([nH]2)C2CC=C(C4=Cc5ccc6[nH]c([C@@H]7CCCN7CCC)nc6c5CC4)C=C2C=C3)CCCN1. The summed E-state index contributed by atoms with van der Waals surface area (Å²) < 4.78 is 0. The molecule has 0 spiro atoms. The van der Waals surface area contributed by atoms with E-state index in [1.807, 2.05) is 6.08 Å². The van der Waals surface area contributed by atoms with E-state index in [0.29, 0.717) is 12.0 Å². The molecule has 8 rings (SSSR count). The molecule has 0 bridgehead atoms. The average Bonchev–Trinajstić information content (AvgIpc) is 3.82. The largest absolute Gasteiger partial charge is 0.343 e. The lowest BCUT2D eigenvalue weighted by Gasteiger charge is -2.27. The number of fused-ring (bicyclic) bond motifs is 6. The van der Waals surface area contributed by atoms with Crippen LogP contribution in [-0.4, -0.2) is 44.5 Å².